The van der Waals surface area contributed by atoms with Gasteiger partial charge in [0.05, 0.1) is 11.0 Å². The van der Waals surface area contributed by atoms with Crippen molar-refractivity contribution < 1.29 is 0 Å². The van der Waals surface area contributed by atoms with Crippen LogP contribution in [0.4, 0.5) is 0 Å². The molecule has 0 aliphatic carbocycles. The maximum atomic E-state index is 5.18. The third-order valence-electron chi connectivity index (χ3n) is 9.86. The molecule has 0 N–H and O–H groups in total. The van der Waals surface area contributed by atoms with Crippen molar-refractivity contribution in [1.82, 2.24) is 19.5 Å². The summed E-state index contributed by atoms with van der Waals surface area (Å²) in [6.45, 7) is 2.16. The van der Waals surface area contributed by atoms with E-state index in [1.165, 1.54) is 59.7 Å². The first-order valence-corrected chi connectivity index (χ1v) is 17.0. The van der Waals surface area contributed by atoms with Crippen molar-refractivity contribution in [2.75, 3.05) is 0 Å². The molecule has 0 fully saturated rings. The highest BCUT2D eigenvalue weighted by Crippen LogP contribution is 2.38. The largest absolute Gasteiger partial charge is 0.309 e. The third kappa shape index (κ3) is 4.50. The normalized spacial score (nSPS) is 11.7. The Hall–Kier alpha value is -6.65. The third-order valence-corrected chi connectivity index (χ3v) is 9.86. The molecule has 10 rings (SSSR count). The van der Waals surface area contributed by atoms with Crippen molar-refractivity contribution in [3.05, 3.63) is 169 Å². The number of fused-ring (bicyclic) bond motifs is 9. The zero-order chi connectivity index (χ0) is 33.2. The van der Waals surface area contributed by atoms with E-state index < -0.39 is 0 Å². The molecular weight excluding hydrogens is 609 g/mol. The Morgan fingerprint density at radius 1 is 0.340 bits per heavy atom. The van der Waals surface area contributed by atoms with E-state index >= 15 is 0 Å². The Morgan fingerprint density at radius 2 is 0.820 bits per heavy atom. The smallest absolute Gasteiger partial charge is 0.164 e. The van der Waals surface area contributed by atoms with Crippen LogP contribution in [-0.2, 0) is 0 Å². The summed E-state index contributed by atoms with van der Waals surface area (Å²) in [4.78, 5) is 15.3. The minimum absolute atomic E-state index is 0.635. The molecule has 0 saturated heterocycles. The maximum Gasteiger partial charge on any atom is 0.164 e. The Labute approximate surface area is 289 Å². The molecule has 2 aromatic heterocycles. The fraction of sp³-hybridized carbons (Fsp3) is 0.0217. The van der Waals surface area contributed by atoms with Gasteiger partial charge in [0, 0.05) is 33.2 Å². The van der Waals surface area contributed by atoms with Crippen LogP contribution < -0.4 is 0 Å². The Balaban J connectivity index is 1.19. The average Bonchev–Trinajstić information content (AvgIpc) is 3.52. The quantitative estimate of drug-likeness (QED) is 0.180. The van der Waals surface area contributed by atoms with Crippen LogP contribution >= 0.6 is 0 Å². The van der Waals surface area contributed by atoms with Gasteiger partial charge in [-0.2, -0.15) is 0 Å². The van der Waals surface area contributed by atoms with Gasteiger partial charge in [0.15, 0.2) is 17.5 Å². The summed E-state index contributed by atoms with van der Waals surface area (Å²) in [5.74, 6) is 1.92. The molecule has 10 aromatic rings. The van der Waals surface area contributed by atoms with E-state index in [1.54, 1.807) is 0 Å². The number of benzene rings is 8. The fourth-order valence-corrected chi connectivity index (χ4v) is 7.54. The molecule has 0 amide bonds. The van der Waals surface area contributed by atoms with Crippen molar-refractivity contribution >= 4 is 54.1 Å². The molecule has 2 heterocycles. The second-order valence-electron chi connectivity index (χ2n) is 12.9. The molecule has 0 radical (unpaired) electrons. The fourth-order valence-electron chi connectivity index (χ4n) is 7.54. The van der Waals surface area contributed by atoms with Crippen LogP contribution in [-0.4, -0.2) is 19.5 Å². The summed E-state index contributed by atoms with van der Waals surface area (Å²) in [5.41, 5.74) is 7.46. The van der Waals surface area contributed by atoms with Crippen molar-refractivity contribution in [1.29, 1.82) is 0 Å². The minimum atomic E-state index is 0.635. The van der Waals surface area contributed by atoms with E-state index in [0.717, 1.165) is 22.4 Å². The number of hydrogen-bond acceptors (Lipinski definition) is 3. The molecule has 4 nitrogen and oxygen atoms in total. The highest BCUT2D eigenvalue weighted by Gasteiger charge is 2.17. The lowest BCUT2D eigenvalue weighted by atomic mass is 9.92. The van der Waals surface area contributed by atoms with Crippen molar-refractivity contribution in [2.24, 2.45) is 0 Å². The summed E-state index contributed by atoms with van der Waals surface area (Å²) < 4.78 is 2.33. The van der Waals surface area contributed by atoms with Gasteiger partial charge in [-0.3, -0.25) is 0 Å². The number of nitrogens with zero attached hydrogens (tertiary/aromatic N) is 4. The predicted molar refractivity (Wildman–Crippen MR) is 208 cm³/mol. The average molecular weight is 639 g/mol. The molecule has 0 aliphatic heterocycles. The van der Waals surface area contributed by atoms with E-state index in [9.17, 15) is 0 Å². The van der Waals surface area contributed by atoms with Crippen molar-refractivity contribution in [3.8, 4) is 39.9 Å². The molecule has 50 heavy (non-hydrogen) atoms. The first-order valence-electron chi connectivity index (χ1n) is 17.0. The van der Waals surface area contributed by atoms with Crippen LogP contribution in [0, 0.1) is 6.92 Å². The first kappa shape index (κ1) is 28.4. The second-order valence-corrected chi connectivity index (χ2v) is 12.9. The lowest BCUT2D eigenvalue weighted by Gasteiger charge is -2.13. The Kier molecular flexibility index (Phi) is 6.36. The maximum absolute atomic E-state index is 5.18. The number of para-hydroxylation sites is 2. The molecule has 8 aromatic carbocycles. The Bertz CT molecular complexity index is 2890. The zero-order valence-electron chi connectivity index (χ0n) is 27.4. The second kappa shape index (κ2) is 11.2. The minimum Gasteiger partial charge on any atom is -0.309 e. The molecule has 0 bridgehead atoms. The van der Waals surface area contributed by atoms with Crippen LogP contribution in [0.25, 0.3) is 94.0 Å². The first-order chi connectivity index (χ1) is 24.7. The number of aryl methyl sites for hydroxylation is 1. The summed E-state index contributed by atoms with van der Waals surface area (Å²) in [6, 6.07) is 57.9. The molecule has 0 unspecified atom stereocenters. The van der Waals surface area contributed by atoms with Crippen LogP contribution in [0.3, 0.4) is 0 Å². The van der Waals surface area contributed by atoms with E-state index in [2.05, 4.69) is 157 Å². The molecule has 234 valence electrons. The summed E-state index contributed by atoms with van der Waals surface area (Å²) in [6.07, 6.45) is 0. The molecule has 0 saturated carbocycles. The number of hydrogen-bond donors (Lipinski definition) is 0. The van der Waals surface area contributed by atoms with Gasteiger partial charge in [-0.15, -0.1) is 0 Å². The predicted octanol–water partition coefficient (Wildman–Crippen LogP) is 11.7. The van der Waals surface area contributed by atoms with E-state index in [0.29, 0.717) is 17.5 Å². The molecular formula is C46H30N4. The number of aromatic nitrogens is 4. The SMILES string of the molecule is Cc1ccc2c3ccccc3c3cc(-c4nc(-c5ccccc5)nc(-c5cccc(-n6c7ccccc7c7ccccc76)c5)n4)ccc3c2c1. The highest BCUT2D eigenvalue weighted by molar-refractivity contribution is 6.25. The van der Waals surface area contributed by atoms with Gasteiger partial charge in [-0.25, -0.2) is 15.0 Å². The van der Waals surface area contributed by atoms with Gasteiger partial charge >= 0.3 is 0 Å². The van der Waals surface area contributed by atoms with Gasteiger partial charge in [0.1, 0.15) is 0 Å². The monoisotopic (exact) mass is 638 g/mol. The van der Waals surface area contributed by atoms with Crippen LogP contribution in [0.15, 0.2) is 164 Å². The summed E-state index contributed by atoms with van der Waals surface area (Å²) in [7, 11) is 0. The summed E-state index contributed by atoms with van der Waals surface area (Å²) in [5, 5.41) is 9.86. The van der Waals surface area contributed by atoms with Gasteiger partial charge in [-0.05, 0) is 69.6 Å². The molecule has 0 aliphatic rings. The standard InChI is InChI=1S/C46H30N4/c1-29-22-24-36-34-16-5-6-17-35(34)41-28-32(23-25-37(41)40(36)26-29)46-48-44(30-12-3-2-4-13-30)47-45(49-46)31-14-11-15-33(27-31)50-42-20-9-7-18-38(42)39-19-8-10-21-43(39)50/h2-28H,1H3. The molecule has 0 spiro atoms. The number of rotatable bonds is 4. The summed E-state index contributed by atoms with van der Waals surface area (Å²) >= 11 is 0. The van der Waals surface area contributed by atoms with Gasteiger partial charge in [0.25, 0.3) is 0 Å². The van der Waals surface area contributed by atoms with Gasteiger partial charge < -0.3 is 4.57 Å². The lowest BCUT2D eigenvalue weighted by molar-refractivity contribution is 1.07. The molecule has 4 heteroatoms. The lowest BCUT2D eigenvalue weighted by Crippen LogP contribution is -2.01. The van der Waals surface area contributed by atoms with E-state index in [1.807, 2.05) is 18.2 Å². The van der Waals surface area contributed by atoms with Crippen LogP contribution in [0.1, 0.15) is 5.56 Å². The van der Waals surface area contributed by atoms with E-state index in [4.69, 9.17) is 15.0 Å². The van der Waals surface area contributed by atoms with Crippen molar-refractivity contribution in [3.63, 3.8) is 0 Å². The van der Waals surface area contributed by atoms with Gasteiger partial charge in [0.2, 0.25) is 0 Å². The van der Waals surface area contributed by atoms with E-state index in [-0.39, 0.29) is 0 Å². The topological polar surface area (TPSA) is 43.6 Å². The Morgan fingerprint density at radius 3 is 1.52 bits per heavy atom. The van der Waals surface area contributed by atoms with Crippen LogP contribution in [0.5, 0.6) is 0 Å². The van der Waals surface area contributed by atoms with Crippen LogP contribution in [0.2, 0.25) is 0 Å². The molecule has 0 atom stereocenters. The van der Waals surface area contributed by atoms with Gasteiger partial charge in [-0.1, -0.05) is 139 Å². The van der Waals surface area contributed by atoms with Crippen molar-refractivity contribution in [2.45, 2.75) is 6.92 Å². The zero-order valence-corrected chi connectivity index (χ0v) is 27.4. The highest BCUT2D eigenvalue weighted by atomic mass is 15.0.